The van der Waals surface area contributed by atoms with Gasteiger partial charge in [0.15, 0.2) is 6.10 Å². The molecule has 376 valence electrons. The summed E-state index contributed by atoms with van der Waals surface area (Å²) in [6, 6.07) is 0. The summed E-state index contributed by atoms with van der Waals surface area (Å²) < 4.78 is 16.8. The molecule has 0 saturated carbocycles. The van der Waals surface area contributed by atoms with Gasteiger partial charge in [-0.2, -0.15) is 0 Å². The molecule has 0 aromatic heterocycles. The number of hydrogen-bond donors (Lipinski definition) is 0. The van der Waals surface area contributed by atoms with Gasteiger partial charge in [0.25, 0.3) is 0 Å². The Morgan fingerprint density at radius 1 is 0.297 bits per heavy atom. The molecule has 1 unspecified atom stereocenters. The summed E-state index contributed by atoms with van der Waals surface area (Å²) in [6.45, 7) is 6.65. The van der Waals surface area contributed by atoms with Crippen LogP contribution in [-0.4, -0.2) is 37.2 Å². The molecule has 0 N–H and O–H groups in total. The van der Waals surface area contributed by atoms with Crippen molar-refractivity contribution >= 4 is 17.9 Å². The summed E-state index contributed by atoms with van der Waals surface area (Å²) in [7, 11) is 0. The van der Waals surface area contributed by atoms with Crippen molar-refractivity contribution in [2.75, 3.05) is 13.2 Å². The van der Waals surface area contributed by atoms with Crippen molar-refractivity contribution in [3.8, 4) is 0 Å². The van der Waals surface area contributed by atoms with Gasteiger partial charge in [0.2, 0.25) is 0 Å². The first kappa shape index (κ1) is 61.9. The molecular weight excluding hydrogens is 793 g/mol. The van der Waals surface area contributed by atoms with Crippen LogP contribution in [-0.2, 0) is 28.6 Å². The van der Waals surface area contributed by atoms with Crippen LogP contribution in [0, 0.1) is 0 Å². The number of hydrogen-bond acceptors (Lipinski definition) is 6. The largest absolute Gasteiger partial charge is 0.462 e. The predicted molar refractivity (Wildman–Crippen MR) is 275 cm³/mol. The summed E-state index contributed by atoms with van der Waals surface area (Å²) in [6.07, 6.45) is 61.6. The molecule has 0 heterocycles. The van der Waals surface area contributed by atoms with Gasteiger partial charge in [-0.1, -0.05) is 244 Å². The molecule has 0 aliphatic rings. The van der Waals surface area contributed by atoms with E-state index in [1.54, 1.807) is 0 Å². The van der Waals surface area contributed by atoms with Crippen LogP contribution >= 0.6 is 0 Å². The Morgan fingerprint density at radius 3 is 0.812 bits per heavy atom. The molecule has 0 aromatic rings. The van der Waals surface area contributed by atoms with Crippen LogP contribution < -0.4 is 0 Å². The van der Waals surface area contributed by atoms with Gasteiger partial charge in [-0.25, -0.2) is 0 Å². The molecule has 64 heavy (non-hydrogen) atoms. The molecule has 0 aliphatic heterocycles. The Bertz CT molecular complexity index is 1040. The van der Waals surface area contributed by atoms with Crippen LogP contribution in [0.15, 0.2) is 24.3 Å². The van der Waals surface area contributed by atoms with Crippen molar-refractivity contribution in [3.05, 3.63) is 24.3 Å². The lowest BCUT2D eigenvalue weighted by atomic mass is 10.0. The van der Waals surface area contributed by atoms with Crippen LogP contribution in [0.4, 0.5) is 0 Å². The van der Waals surface area contributed by atoms with Crippen LogP contribution in [0.5, 0.6) is 0 Å². The molecular formula is C58H108O6. The first-order chi connectivity index (χ1) is 31.5. The minimum absolute atomic E-state index is 0.0734. The molecule has 0 radical (unpaired) electrons. The Morgan fingerprint density at radius 2 is 0.516 bits per heavy atom. The van der Waals surface area contributed by atoms with Crippen molar-refractivity contribution in [3.63, 3.8) is 0 Å². The van der Waals surface area contributed by atoms with E-state index in [-0.39, 0.29) is 31.1 Å². The maximum Gasteiger partial charge on any atom is 0.306 e. The Labute approximate surface area is 398 Å². The van der Waals surface area contributed by atoms with E-state index in [0.717, 1.165) is 70.6 Å². The minimum atomic E-state index is -0.775. The molecule has 0 spiro atoms. The van der Waals surface area contributed by atoms with E-state index in [0.29, 0.717) is 19.3 Å². The Hall–Kier alpha value is -2.11. The van der Waals surface area contributed by atoms with E-state index in [2.05, 4.69) is 45.1 Å². The van der Waals surface area contributed by atoms with Crippen LogP contribution in [0.25, 0.3) is 0 Å². The number of unbranched alkanes of at least 4 members (excludes halogenated alkanes) is 37. The highest BCUT2D eigenvalue weighted by atomic mass is 16.6. The molecule has 0 aliphatic carbocycles. The van der Waals surface area contributed by atoms with Gasteiger partial charge in [-0.15, -0.1) is 0 Å². The van der Waals surface area contributed by atoms with Crippen molar-refractivity contribution in [1.29, 1.82) is 0 Å². The third-order valence-electron chi connectivity index (χ3n) is 12.7. The highest BCUT2D eigenvalue weighted by molar-refractivity contribution is 5.71. The summed E-state index contributed by atoms with van der Waals surface area (Å²) >= 11 is 0. The standard InChI is InChI=1S/C58H108O6/c1-4-7-10-13-16-19-22-25-27-28-29-31-33-36-39-42-45-48-51-57(60)63-54-55(53-62-56(59)50-47-44-41-38-35-32-24-21-18-15-12-9-6-3)64-58(61)52-49-46-43-40-37-34-30-26-23-20-17-14-11-8-5-2/h20,23,32,35,55H,4-19,21-22,24-31,33-34,36-54H2,1-3H3/b23-20-,35-32-. The highest BCUT2D eigenvalue weighted by Gasteiger charge is 2.19. The SMILES string of the molecule is CCCCCC/C=C\CCCCCCCCCC(=O)OC(COC(=O)CCCCC/C=C\CCCCCCCC)COC(=O)CCCCCCCCCCCCCCCCCCCC. The van der Waals surface area contributed by atoms with E-state index in [9.17, 15) is 14.4 Å². The predicted octanol–water partition coefficient (Wildman–Crippen LogP) is 18.7. The van der Waals surface area contributed by atoms with Crippen LogP contribution in [0.2, 0.25) is 0 Å². The lowest BCUT2D eigenvalue weighted by molar-refractivity contribution is -0.167. The van der Waals surface area contributed by atoms with Crippen LogP contribution in [0.1, 0.15) is 310 Å². The van der Waals surface area contributed by atoms with Gasteiger partial charge in [0.1, 0.15) is 13.2 Å². The fraction of sp³-hybridized carbons (Fsp3) is 0.879. The lowest BCUT2D eigenvalue weighted by Gasteiger charge is -2.18. The number of allylic oxidation sites excluding steroid dienone is 4. The first-order valence-electron chi connectivity index (χ1n) is 28.3. The second-order valence-corrected chi connectivity index (χ2v) is 19.2. The smallest absolute Gasteiger partial charge is 0.306 e. The zero-order valence-corrected chi connectivity index (χ0v) is 43.1. The van der Waals surface area contributed by atoms with Gasteiger partial charge in [-0.3, -0.25) is 14.4 Å². The average molecular weight is 901 g/mol. The monoisotopic (exact) mass is 901 g/mol. The molecule has 0 amide bonds. The van der Waals surface area contributed by atoms with E-state index >= 15 is 0 Å². The minimum Gasteiger partial charge on any atom is -0.462 e. The van der Waals surface area contributed by atoms with E-state index in [1.165, 1.54) is 199 Å². The van der Waals surface area contributed by atoms with E-state index in [4.69, 9.17) is 14.2 Å². The third-order valence-corrected chi connectivity index (χ3v) is 12.7. The summed E-state index contributed by atoms with van der Waals surface area (Å²) in [5.41, 5.74) is 0. The molecule has 6 nitrogen and oxygen atoms in total. The quantitative estimate of drug-likeness (QED) is 0.0262. The molecule has 1 atom stereocenters. The topological polar surface area (TPSA) is 78.9 Å². The molecule has 0 saturated heterocycles. The fourth-order valence-corrected chi connectivity index (χ4v) is 8.37. The molecule has 0 aromatic carbocycles. The van der Waals surface area contributed by atoms with Gasteiger partial charge >= 0.3 is 17.9 Å². The maximum atomic E-state index is 12.8. The second-order valence-electron chi connectivity index (χ2n) is 19.2. The number of rotatable bonds is 52. The van der Waals surface area contributed by atoms with Crippen molar-refractivity contribution in [1.82, 2.24) is 0 Å². The molecule has 6 heteroatoms. The zero-order chi connectivity index (χ0) is 46.5. The normalized spacial score (nSPS) is 12.1. The molecule has 0 bridgehead atoms. The van der Waals surface area contributed by atoms with Gasteiger partial charge in [-0.05, 0) is 70.6 Å². The van der Waals surface area contributed by atoms with E-state index in [1.807, 2.05) is 0 Å². The Kier molecular flexibility index (Phi) is 51.7. The lowest BCUT2D eigenvalue weighted by Crippen LogP contribution is -2.30. The fourth-order valence-electron chi connectivity index (χ4n) is 8.37. The number of ether oxygens (including phenoxy) is 3. The van der Waals surface area contributed by atoms with Crippen LogP contribution in [0.3, 0.4) is 0 Å². The number of esters is 3. The number of carbonyl (C=O) groups is 3. The maximum absolute atomic E-state index is 12.8. The Balaban J connectivity index is 4.33. The second kappa shape index (κ2) is 53.5. The van der Waals surface area contributed by atoms with Gasteiger partial charge < -0.3 is 14.2 Å². The molecule has 0 fully saturated rings. The molecule has 0 rings (SSSR count). The van der Waals surface area contributed by atoms with Crippen molar-refractivity contribution in [2.24, 2.45) is 0 Å². The first-order valence-corrected chi connectivity index (χ1v) is 28.3. The summed E-state index contributed by atoms with van der Waals surface area (Å²) in [4.78, 5) is 38.1. The van der Waals surface area contributed by atoms with E-state index < -0.39 is 6.10 Å². The van der Waals surface area contributed by atoms with Gasteiger partial charge in [0.05, 0.1) is 0 Å². The average Bonchev–Trinajstić information content (AvgIpc) is 3.29. The van der Waals surface area contributed by atoms with Gasteiger partial charge in [0, 0.05) is 19.3 Å². The third kappa shape index (κ3) is 50.9. The highest BCUT2D eigenvalue weighted by Crippen LogP contribution is 2.16. The zero-order valence-electron chi connectivity index (χ0n) is 43.1. The van der Waals surface area contributed by atoms with Crippen molar-refractivity contribution in [2.45, 2.75) is 316 Å². The number of carbonyl (C=O) groups excluding carboxylic acids is 3. The summed E-state index contributed by atoms with van der Waals surface area (Å²) in [5, 5.41) is 0. The van der Waals surface area contributed by atoms with Crippen molar-refractivity contribution < 1.29 is 28.6 Å². The summed E-state index contributed by atoms with van der Waals surface area (Å²) in [5.74, 6) is -0.877.